The maximum atomic E-state index is 12.7. The van der Waals surface area contributed by atoms with Crippen LogP contribution >= 0.6 is 15.9 Å². The molecule has 0 unspecified atom stereocenters. The topological polar surface area (TPSA) is 49.4 Å². The summed E-state index contributed by atoms with van der Waals surface area (Å²) in [5.74, 6) is 0. The predicted molar refractivity (Wildman–Crippen MR) is 91.0 cm³/mol. The van der Waals surface area contributed by atoms with E-state index in [0.29, 0.717) is 18.0 Å². The van der Waals surface area contributed by atoms with Gasteiger partial charge in [-0.05, 0) is 49.6 Å². The number of halogens is 1. The van der Waals surface area contributed by atoms with Crippen molar-refractivity contribution in [1.29, 1.82) is 0 Å². The van der Waals surface area contributed by atoms with Crippen LogP contribution in [0.25, 0.3) is 0 Å². The highest BCUT2D eigenvalue weighted by molar-refractivity contribution is 9.10. The van der Waals surface area contributed by atoms with Crippen LogP contribution < -0.4 is 5.32 Å². The van der Waals surface area contributed by atoms with E-state index in [-0.39, 0.29) is 0 Å². The standard InChI is InChI=1S/C15H25BrN2O2S/c1-5-7-17-11-13-9-14(16)12(3)15(10-13)21(19,20)18(4)8-6-2/h9-10,17H,5-8,11H2,1-4H3. The molecule has 0 radical (unpaired) electrons. The number of nitrogens with zero attached hydrogens (tertiary/aromatic N) is 1. The van der Waals surface area contributed by atoms with Gasteiger partial charge in [0.2, 0.25) is 10.0 Å². The first kappa shape index (κ1) is 18.6. The largest absolute Gasteiger partial charge is 0.313 e. The van der Waals surface area contributed by atoms with Gasteiger partial charge < -0.3 is 5.32 Å². The minimum atomic E-state index is -3.43. The molecule has 0 saturated heterocycles. The lowest BCUT2D eigenvalue weighted by Crippen LogP contribution is -2.28. The maximum Gasteiger partial charge on any atom is 0.243 e. The number of sulfonamides is 1. The summed E-state index contributed by atoms with van der Waals surface area (Å²) in [7, 11) is -1.80. The van der Waals surface area contributed by atoms with Crippen LogP contribution in [0.3, 0.4) is 0 Å². The lowest BCUT2D eigenvalue weighted by Gasteiger charge is -2.19. The first-order valence-electron chi connectivity index (χ1n) is 7.30. The van der Waals surface area contributed by atoms with Crippen LogP contribution in [0.15, 0.2) is 21.5 Å². The quantitative estimate of drug-likeness (QED) is 0.708. The molecule has 0 aliphatic carbocycles. The van der Waals surface area contributed by atoms with Gasteiger partial charge in [0.15, 0.2) is 0 Å². The van der Waals surface area contributed by atoms with Crippen LogP contribution in [0.4, 0.5) is 0 Å². The fourth-order valence-corrected chi connectivity index (χ4v) is 4.28. The predicted octanol–water partition coefficient (Wildman–Crippen LogP) is 3.29. The molecule has 0 amide bonds. The summed E-state index contributed by atoms with van der Waals surface area (Å²) in [5, 5.41) is 3.30. The molecule has 0 aromatic heterocycles. The number of nitrogens with one attached hydrogen (secondary N) is 1. The maximum absolute atomic E-state index is 12.7. The van der Waals surface area contributed by atoms with Gasteiger partial charge in [0, 0.05) is 24.6 Å². The van der Waals surface area contributed by atoms with Crippen molar-refractivity contribution in [3.63, 3.8) is 0 Å². The molecule has 1 aromatic rings. The number of hydrogen-bond acceptors (Lipinski definition) is 3. The Hall–Kier alpha value is -0.430. The van der Waals surface area contributed by atoms with Crippen LogP contribution in [0.1, 0.15) is 37.8 Å². The first-order chi connectivity index (χ1) is 9.84. The van der Waals surface area contributed by atoms with Crippen molar-refractivity contribution < 1.29 is 8.42 Å². The Kier molecular flexibility index (Phi) is 7.33. The van der Waals surface area contributed by atoms with Gasteiger partial charge in [-0.3, -0.25) is 0 Å². The van der Waals surface area contributed by atoms with Crippen LogP contribution in [-0.4, -0.2) is 32.9 Å². The molecule has 1 rings (SSSR count). The van der Waals surface area contributed by atoms with Crippen molar-refractivity contribution in [2.75, 3.05) is 20.1 Å². The van der Waals surface area contributed by atoms with E-state index < -0.39 is 10.0 Å². The molecule has 21 heavy (non-hydrogen) atoms. The van der Waals surface area contributed by atoms with Gasteiger partial charge in [-0.15, -0.1) is 0 Å². The van der Waals surface area contributed by atoms with E-state index in [1.165, 1.54) is 4.31 Å². The second-order valence-electron chi connectivity index (χ2n) is 5.20. The summed E-state index contributed by atoms with van der Waals surface area (Å²) in [6.45, 7) is 8.03. The molecule has 0 bridgehead atoms. The molecule has 0 fully saturated rings. The third kappa shape index (κ3) is 4.77. The molecule has 0 heterocycles. The number of rotatable bonds is 8. The molecule has 4 nitrogen and oxygen atoms in total. The highest BCUT2D eigenvalue weighted by Crippen LogP contribution is 2.27. The lowest BCUT2D eigenvalue weighted by atomic mass is 10.1. The van der Waals surface area contributed by atoms with E-state index in [1.807, 2.05) is 19.9 Å². The minimum Gasteiger partial charge on any atom is -0.313 e. The van der Waals surface area contributed by atoms with Crippen molar-refractivity contribution in [2.45, 2.75) is 45.1 Å². The Morgan fingerprint density at radius 1 is 1.24 bits per heavy atom. The summed E-state index contributed by atoms with van der Waals surface area (Å²) in [6.07, 6.45) is 1.85. The molecular formula is C15H25BrN2O2S. The van der Waals surface area contributed by atoms with Crippen molar-refractivity contribution in [2.24, 2.45) is 0 Å². The molecule has 0 saturated carbocycles. The van der Waals surface area contributed by atoms with Gasteiger partial charge >= 0.3 is 0 Å². The zero-order valence-corrected chi connectivity index (χ0v) is 15.6. The van der Waals surface area contributed by atoms with Crippen molar-refractivity contribution in [1.82, 2.24) is 9.62 Å². The van der Waals surface area contributed by atoms with E-state index in [4.69, 9.17) is 0 Å². The van der Waals surface area contributed by atoms with Crippen LogP contribution in [0.5, 0.6) is 0 Å². The van der Waals surface area contributed by atoms with E-state index in [2.05, 4.69) is 28.2 Å². The van der Waals surface area contributed by atoms with E-state index in [1.54, 1.807) is 13.1 Å². The van der Waals surface area contributed by atoms with Crippen molar-refractivity contribution in [3.05, 3.63) is 27.7 Å². The fourth-order valence-electron chi connectivity index (χ4n) is 2.09. The Morgan fingerprint density at radius 2 is 1.90 bits per heavy atom. The smallest absolute Gasteiger partial charge is 0.243 e. The molecule has 1 N–H and O–H groups in total. The molecule has 0 aliphatic heterocycles. The first-order valence-corrected chi connectivity index (χ1v) is 9.54. The molecule has 120 valence electrons. The van der Waals surface area contributed by atoms with Gasteiger partial charge in [-0.2, -0.15) is 0 Å². The molecule has 0 spiro atoms. The monoisotopic (exact) mass is 376 g/mol. The van der Waals surface area contributed by atoms with Gasteiger partial charge in [0.25, 0.3) is 0 Å². The molecule has 6 heteroatoms. The highest BCUT2D eigenvalue weighted by atomic mass is 79.9. The molecular weight excluding hydrogens is 352 g/mol. The fraction of sp³-hybridized carbons (Fsp3) is 0.600. The van der Waals surface area contributed by atoms with Crippen LogP contribution in [0, 0.1) is 6.92 Å². The summed E-state index contributed by atoms with van der Waals surface area (Å²) < 4.78 is 27.6. The Balaban J connectivity index is 3.16. The van der Waals surface area contributed by atoms with E-state index >= 15 is 0 Å². The average molecular weight is 377 g/mol. The van der Waals surface area contributed by atoms with Crippen molar-refractivity contribution >= 4 is 26.0 Å². The lowest BCUT2D eigenvalue weighted by molar-refractivity contribution is 0.468. The zero-order chi connectivity index (χ0) is 16.0. The second-order valence-corrected chi connectivity index (χ2v) is 8.07. The van der Waals surface area contributed by atoms with Crippen LogP contribution in [0.2, 0.25) is 0 Å². The van der Waals surface area contributed by atoms with Gasteiger partial charge in [-0.25, -0.2) is 12.7 Å². The Morgan fingerprint density at radius 3 is 2.48 bits per heavy atom. The number of hydrogen-bond donors (Lipinski definition) is 1. The summed E-state index contributed by atoms with van der Waals surface area (Å²) in [6, 6.07) is 3.76. The third-order valence-electron chi connectivity index (χ3n) is 3.34. The van der Waals surface area contributed by atoms with Gasteiger partial charge in [-0.1, -0.05) is 29.8 Å². The van der Waals surface area contributed by atoms with E-state index in [9.17, 15) is 8.42 Å². The molecule has 0 aliphatic rings. The third-order valence-corrected chi connectivity index (χ3v) is 6.15. The average Bonchev–Trinajstić information content (AvgIpc) is 2.42. The van der Waals surface area contributed by atoms with Crippen molar-refractivity contribution in [3.8, 4) is 0 Å². The second kappa shape index (κ2) is 8.27. The zero-order valence-electron chi connectivity index (χ0n) is 13.2. The van der Waals surface area contributed by atoms with Gasteiger partial charge in [0.1, 0.15) is 0 Å². The normalized spacial score (nSPS) is 12.1. The SMILES string of the molecule is CCCNCc1cc(Br)c(C)c(S(=O)(=O)N(C)CCC)c1. The summed E-state index contributed by atoms with van der Waals surface area (Å²) in [5.41, 5.74) is 1.74. The Labute approximate surface area is 137 Å². The van der Waals surface area contributed by atoms with E-state index in [0.717, 1.165) is 35.0 Å². The highest BCUT2D eigenvalue weighted by Gasteiger charge is 2.23. The minimum absolute atomic E-state index is 0.390. The molecule has 0 atom stereocenters. The summed E-state index contributed by atoms with van der Waals surface area (Å²) >= 11 is 3.48. The van der Waals surface area contributed by atoms with Gasteiger partial charge in [0.05, 0.1) is 4.90 Å². The van der Waals surface area contributed by atoms with Crippen LogP contribution in [-0.2, 0) is 16.6 Å². The Bertz CT molecular complexity index is 573. The molecule has 1 aromatic carbocycles. The number of benzene rings is 1. The summed E-state index contributed by atoms with van der Waals surface area (Å²) in [4.78, 5) is 0.390.